The fourth-order valence-corrected chi connectivity index (χ4v) is 3.87. The minimum Gasteiger partial charge on any atom is -0.328 e. The number of thiophene rings is 1. The lowest BCUT2D eigenvalue weighted by molar-refractivity contribution is -0.675. The Morgan fingerprint density at radius 3 is 2.64 bits per heavy atom. The van der Waals surface area contributed by atoms with Gasteiger partial charge in [-0.1, -0.05) is 47.5 Å². The third-order valence-corrected chi connectivity index (χ3v) is 5.45. The van der Waals surface area contributed by atoms with Crippen LogP contribution in [0.3, 0.4) is 0 Å². The first-order chi connectivity index (χ1) is 13.4. The van der Waals surface area contributed by atoms with Crippen LogP contribution in [0, 0.1) is 17.0 Å². The number of carbonyl (C=O) groups is 1. The SMILES string of the molecule is Cc1ccc([C@H]([NH2+]CC(=O)Nc2cc(Cl)ccc2[N+](=O)[O-])c2cccs2)cc1. The standard InChI is InChI=1S/C20H18ClN3O3S/c1-13-4-6-14(7-5-13)20(18-3-2-10-28-18)22-12-19(25)23-16-11-15(21)8-9-17(16)24(26)27/h2-11,20,22H,12H2,1H3,(H,23,25)/p+1/t20-/m0/s1. The molecule has 6 nitrogen and oxygen atoms in total. The molecule has 0 spiro atoms. The summed E-state index contributed by atoms with van der Waals surface area (Å²) in [5, 5.41) is 18.0. The Bertz CT molecular complexity index is 975. The first-order valence-corrected chi connectivity index (χ1v) is 9.87. The molecular formula is C20H19ClN3O3S+. The van der Waals surface area contributed by atoms with Crippen LogP contribution in [0.5, 0.6) is 0 Å². The Morgan fingerprint density at radius 1 is 1.25 bits per heavy atom. The van der Waals surface area contributed by atoms with Gasteiger partial charge in [-0.05, 0) is 30.5 Å². The van der Waals surface area contributed by atoms with E-state index in [-0.39, 0.29) is 29.9 Å². The summed E-state index contributed by atoms with van der Waals surface area (Å²) in [4.78, 5) is 24.2. The predicted molar refractivity (Wildman–Crippen MR) is 111 cm³/mol. The second-order valence-corrected chi connectivity index (χ2v) is 7.73. The average Bonchev–Trinajstić information content (AvgIpc) is 3.17. The van der Waals surface area contributed by atoms with Crippen molar-refractivity contribution in [1.82, 2.24) is 0 Å². The smallest absolute Gasteiger partial charge is 0.292 e. The number of rotatable bonds is 7. The first-order valence-electron chi connectivity index (χ1n) is 8.61. The highest BCUT2D eigenvalue weighted by molar-refractivity contribution is 7.10. The number of nitrogens with one attached hydrogen (secondary N) is 1. The number of aryl methyl sites for hydroxylation is 1. The molecule has 1 heterocycles. The predicted octanol–water partition coefficient (Wildman–Crippen LogP) is 3.91. The van der Waals surface area contributed by atoms with Gasteiger partial charge in [-0.15, -0.1) is 11.3 Å². The monoisotopic (exact) mass is 416 g/mol. The highest BCUT2D eigenvalue weighted by Gasteiger charge is 2.22. The molecule has 3 N–H and O–H groups in total. The Kier molecular flexibility index (Phi) is 6.41. The van der Waals surface area contributed by atoms with E-state index >= 15 is 0 Å². The van der Waals surface area contributed by atoms with Crippen molar-refractivity contribution >= 4 is 40.2 Å². The minimum atomic E-state index is -0.545. The number of amides is 1. The molecule has 1 amide bonds. The summed E-state index contributed by atoms with van der Waals surface area (Å²) in [6, 6.07) is 16.3. The number of nitro benzene ring substituents is 1. The van der Waals surface area contributed by atoms with Crippen molar-refractivity contribution in [3.8, 4) is 0 Å². The zero-order valence-electron chi connectivity index (χ0n) is 15.1. The van der Waals surface area contributed by atoms with Gasteiger partial charge in [-0.2, -0.15) is 0 Å². The molecule has 28 heavy (non-hydrogen) atoms. The number of halogens is 1. The number of nitrogens with two attached hydrogens (primary N) is 1. The molecule has 0 aliphatic heterocycles. The highest BCUT2D eigenvalue weighted by atomic mass is 35.5. The van der Waals surface area contributed by atoms with E-state index in [0.29, 0.717) is 5.02 Å². The molecule has 0 aliphatic rings. The van der Waals surface area contributed by atoms with Crippen molar-refractivity contribution in [3.05, 3.63) is 91.1 Å². The van der Waals surface area contributed by atoms with E-state index < -0.39 is 4.92 Å². The zero-order valence-corrected chi connectivity index (χ0v) is 16.7. The fraction of sp³-hybridized carbons (Fsp3) is 0.150. The molecule has 3 aromatic rings. The van der Waals surface area contributed by atoms with Crippen molar-refractivity contribution in [1.29, 1.82) is 0 Å². The molecule has 8 heteroatoms. The van der Waals surface area contributed by atoms with E-state index in [9.17, 15) is 14.9 Å². The van der Waals surface area contributed by atoms with Crippen LogP contribution in [-0.4, -0.2) is 17.4 Å². The minimum absolute atomic E-state index is 0.0271. The molecule has 1 atom stereocenters. The van der Waals surface area contributed by atoms with Gasteiger partial charge in [0.05, 0.1) is 9.80 Å². The molecule has 1 aromatic heterocycles. The molecular weight excluding hydrogens is 398 g/mol. The third kappa shape index (κ3) is 4.95. The van der Waals surface area contributed by atoms with Crippen LogP contribution >= 0.6 is 22.9 Å². The Balaban J connectivity index is 1.73. The van der Waals surface area contributed by atoms with Crippen LogP contribution in [0.4, 0.5) is 11.4 Å². The molecule has 0 fully saturated rings. The van der Waals surface area contributed by atoms with Crippen LogP contribution in [0.1, 0.15) is 22.0 Å². The van der Waals surface area contributed by atoms with Gasteiger partial charge in [0, 0.05) is 16.7 Å². The summed E-state index contributed by atoms with van der Waals surface area (Å²) < 4.78 is 0. The maximum Gasteiger partial charge on any atom is 0.292 e. The van der Waals surface area contributed by atoms with E-state index in [1.165, 1.54) is 23.8 Å². The van der Waals surface area contributed by atoms with Gasteiger partial charge in [0.15, 0.2) is 6.54 Å². The fourth-order valence-electron chi connectivity index (χ4n) is 2.85. The number of carbonyl (C=O) groups excluding carboxylic acids is 1. The summed E-state index contributed by atoms with van der Waals surface area (Å²) in [5.41, 5.74) is 2.17. The number of nitro groups is 1. The van der Waals surface area contributed by atoms with Crippen molar-refractivity contribution in [3.63, 3.8) is 0 Å². The molecule has 0 radical (unpaired) electrons. The number of quaternary nitrogens is 1. The van der Waals surface area contributed by atoms with Gasteiger partial charge < -0.3 is 10.6 Å². The Labute approximate surface area is 171 Å². The molecule has 0 bridgehead atoms. The van der Waals surface area contributed by atoms with Crippen molar-refractivity contribution in [2.75, 3.05) is 11.9 Å². The Morgan fingerprint density at radius 2 is 2.00 bits per heavy atom. The van der Waals surface area contributed by atoms with Crippen LogP contribution < -0.4 is 10.6 Å². The topological polar surface area (TPSA) is 88.8 Å². The lowest BCUT2D eigenvalue weighted by atomic mass is 10.0. The van der Waals surface area contributed by atoms with Crippen LogP contribution in [0.25, 0.3) is 0 Å². The maximum absolute atomic E-state index is 12.5. The molecule has 2 aromatic carbocycles. The number of hydrogen-bond acceptors (Lipinski definition) is 4. The Hall–Kier alpha value is -2.74. The van der Waals surface area contributed by atoms with Gasteiger partial charge in [0.25, 0.3) is 11.6 Å². The normalized spacial score (nSPS) is 11.8. The van der Waals surface area contributed by atoms with Gasteiger partial charge in [-0.25, -0.2) is 0 Å². The summed E-state index contributed by atoms with van der Waals surface area (Å²) in [5.74, 6) is -0.334. The molecule has 0 aliphatic carbocycles. The first kappa shape index (κ1) is 20.0. The highest BCUT2D eigenvalue weighted by Crippen LogP contribution is 2.27. The number of benzene rings is 2. The van der Waals surface area contributed by atoms with E-state index in [1.54, 1.807) is 11.3 Å². The van der Waals surface area contributed by atoms with Gasteiger partial charge >= 0.3 is 0 Å². The van der Waals surface area contributed by atoms with E-state index in [4.69, 9.17) is 11.6 Å². The van der Waals surface area contributed by atoms with Gasteiger partial charge in [-0.3, -0.25) is 14.9 Å². The van der Waals surface area contributed by atoms with E-state index in [0.717, 1.165) is 10.4 Å². The molecule has 144 valence electrons. The van der Waals surface area contributed by atoms with Crippen LogP contribution in [-0.2, 0) is 4.79 Å². The van der Waals surface area contributed by atoms with Crippen LogP contribution in [0.2, 0.25) is 5.02 Å². The van der Waals surface area contributed by atoms with Gasteiger partial charge in [0.2, 0.25) is 0 Å². The average molecular weight is 417 g/mol. The lowest BCUT2D eigenvalue weighted by Gasteiger charge is -2.15. The molecule has 3 rings (SSSR count). The lowest BCUT2D eigenvalue weighted by Crippen LogP contribution is -2.87. The molecule has 0 unspecified atom stereocenters. The zero-order chi connectivity index (χ0) is 20.1. The van der Waals surface area contributed by atoms with Crippen molar-refractivity contribution in [2.45, 2.75) is 13.0 Å². The van der Waals surface area contributed by atoms with E-state index in [1.807, 2.05) is 41.9 Å². The quantitative estimate of drug-likeness (QED) is 0.452. The maximum atomic E-state index is 12.5. The second-order valence-electron chi connectivity index (χ2n) is 6.31. The number of hydrogen-bond donors (Lipinski definition) is 2. The van der Waals surface area contributed by atoms with Gasteiger partial charge in [0.1, 0.15) is 11.7 Å². The van der Waals surface area contributed by atoms with Crippen molar-refractivity contribution in [2.24, 2.45) is 0 Å². The van der Waals surface area contributed by atoms with Crippen LogP contribution in [0.15, 0.2) is 60.0 Å². The van der Waals surface area contributed by atoms with E-state index in [2.05, 4.69) is 17.4 Å². The third-order valence-electron chi connectivity index (χ3n) is 4.25. The largest absolute Gasteiger partial charge is 0.328 e. The summed E-state index contributed by atoms with van der Waals surface area (Å²) >= 11 is 7.54. The number of anilines is 1. The summed E-state index contributed by atoms with van der Waals surface area (Å²) in [6.07, 6.45) is 0. The summed E-state index contributed by atoms with van der Waals surface area (Å²) in [6.45, 7) is 2.14. The summed E-state index contributed by atoms with van der Waals surface area (Å²) in [7, 11) is 0. The molecule has 0 saturated carbocycles. The molecule has 0 saturated heterocycles. The van der Waals surface area contributed by atoms with Crippen molar-refractivity contribution < 1.29 is 15.0 Å². The second kappa shape index (κ2) is 8.97. The number of nitrogens with zero attached hydrogens (tertiary/aromatic N) is 1.